The minimum Gasteiger partial charge on any atom is -0.490 e. The predicted molar refractivity (Wildman–Crippen MR) is 120 cm³/mol. The number of hydrazone groups is 1. The molecule has 0 atom stereocenters. The smallest absolute Gasteiger partial charge is 0.243 e. The van der Waals surface area contributed by atoms with Crippen LogP contribution in [-0.2, 0) is 16.1 Å². The predicted octanol–water partition coefficient (Wildman–Crippen LogP) is 4.04. The average molecular weight is 420 g/mol. The molecule has 162 valence electrons. The van der Waals surface area contributed by atoms with E-state index in [0.717, 1.165) is 41.9 Å². The number of hydrogen-bond donors (Lipinski definition) is 1. The summed E-state index contributed by atoms with van der Waals surface area (Å²) < 4.78 is 6.12. The van der Waals surface area contributed by atoms with Crippen molar-refractivity contribution >= 4 is 17.5 Å². The molecule has 0 radical (unpaired) electrons. The lowest BCUT2D eigenvalue weighted by molar-refractivity contribution is -0.133. The minimum absolute atomic E-state index is 0.119. The molecule has 2 amide bonds. The molecule has 0 unspecified atom stereocenters. The molecule has 1 N–H and O–H groups in total. The summed E-state index contributed by atoms with van der Waals surface area (Å²) in [5, 5.41) is 8.85. The number of benzene rings is 2. The van der Waals surface area contributed by atoms with Gasteiger partial charge in [0.15, 0.2) is 0 Å². The quantitative estimate of drug-likeness (QED) is 0.702. The summed E-state index contributed by atoms with van der Waals surface area (Å²) in [6.45, 7) is 0.965. The van der Waals surface area contributed by atoms with E-state index in [1.807, 2.05) is 54.6 Å². The first kappa shape index (κ1) is 21.1. The number of rotatable bonds is 8. The second kappa shape index (κ2) is 10.2. The first-order chi connectivity index (χ1) is 15.2. The summed E-state index contributed by atoms with van der Waals surface area (Å²) in [7, 11) is 0. The summed E-state index contributed by atoms with van der Waals surface area (Å²) in [5.41, 5.74) is 2.91. The molecule has 1 fully saturated rings. The third-order valence-electron chi connectivity index (χ3n) is 5.81. The number of nitrogens with one attached hydrogen (secondary N) is 1. The summed E-state index contributed by atoms with van der Waals surface area (Å²) in [4.78, 5) is 24.8. The minimum atomic E-state index is -0.143. The lowest BCUT2D eigenvalue weighted by Crippen LogP contribution is -2.27. The second-order valence-corrected chi connectivity index (χ2v) is 8.09. The Hall–Kier alpha value is -3.15. The molecule has 0 saturated heterocycles. The number of nitrogens with zero attached hydrogens (tertiary/aromatic N) is 2. The monoisotopic (exact) mass is 419 g/mol. The zero-order chi connectivity index (χ0) is 21.5. The summed E-state index contributed by atoms with van der Waals surface area (Å²) in [6, 6.07) is 17.7. The SMILES string of the molecule is O=C(CCC(=O)N1CCC(c2ccccc2)=N1)NCc1ccccc1OC1CCCC1. The standard InChI is InChI=1S/C25H29N3O3/c29-24(26-18-20-10-4-7-13-23(20)31-21-11-5-6-12-21)14-15-25(30)28-17-16-22(27-28)19-8-2-1-3-9-19/h1-4,7-10,13,21H,5-6,11-12,14-18H2,(H,26,29). The summed E-state index contributed by atoms with van der Waals surface area (Å²) in [5.74, 6) is 0.576. The Morgan fingerprint density at radius 3 is 2.55 bits per heavy atom. The first-order valence-corrected chi connectivity index (χ1v) is 11.1. The van der Waals surface area contributed by atoms with Gasteiger partial charge in [0.1, 0.15) is 5.75 Å². The lowest BCUT2D eigenvalue weighted by Gasteiger charge is -2.17. The molecule has 0 aromatic heterocycles. The van der Waals surface area contributed by atoms with Gasteiger partial charge in [-0.25, -0.2) is 5.01 Å². The van der Waals surface area contributed by atoms with Crippen LogP contribution in [0.2, 0.25) is 0 Å². The van der Waals surface area contributed by atoms with Crippen LogP contribution in [0.3, 0.4) is 0 Å². The van der Waals surface area contributed by atoms with Crippen LogP contribution in [0.4, 0.5) is 0 Å². The van der Waals surface area contributed by atoms with E-state index in [1.165, 1.54) is 17.9 Å². The molecule has 2 aliphatic rings. The molecule has 0 bridgehead atoms. The topological polar surface area (TPSA) is 71.0 Å². The van der Waals surface area contributed by atoms with Crippen LogP contribution in [0.25, 0.3) is 0 Å². The zero-order valence-electron chi connectivity index (χ0n) is 17.8. The highest BCUT2D eigenvalue weighted by molar-refractivity contribution is 6.02. The maximum Gasteiger partial charge on any atom is 0.243 e. The van der Waals surface area contributed by atoms with Gasteiger partial charge in [0.2, 0.25) is 11.8 Å². The van der Waals surface area contributed by atoms with Crippen LogP contribution >= 0.6 is 0 Å². The maximum absolute atomic E-state index is 12.5. The molecule has 31 heavy (non-hydrogen) atoms. The largest absolute Gasteiger partial charge is 0.490 e. The highest BCUT2D eigenvalue weighted by atomic mass is 16.5. The molecule has 2 aromatic rings. The van der Waals surface area contributed by atoms with E-state index in [4.69, 9.17) is 4.74 Å². The van der Waals surface area contributed by atoms with Gasteiger partial charge in [-0.3, -0.25) is 9.59 Å². The molecule has 1 aliphatic heterocycles. The van der Waals surface area contributed by atoms with Gasteiger partial charge in [0.25, 0.3) is 0 Å². The Labute approximate surface area is 183 Å². The third-order valence-corrected chi connectivity index (χ3v) is 5.81. The molecule has 2 aromatic carbocycles. The fraction of sp³-hybridized carbons (Fsp3) is 0.400. The van der Waals surface area contributed by atoms with E-state index >= 15 is 0 Å². The van der Waals surface area contributed by atoms with Gasteiger partial charge in [-0.05, 0) is 37.3 Å². The van der Waals surface area contributed by atoms with Crippen LogP contribution in [0.1, 0.15) is 56.1 Å². The molecule has 1 heterocycles. The van der Waals surface area contributed by atoms with Gasteiger partial charge in [-0.1, -0.05) is 48.5 Å². The van der Waals surface area contributed by atoms with Crippen LogP contribution in [0.5, 0.6) is 5.75 Å². The fourth-order valence-corrected chi connectivity index (χ4v) is 4.05. The highest BCUT2D eigenvalue weighted by Gasteiger charge is 2.22. The van der Waals surface area contributed by atoms with E-state index in [9.17, 15) is 9.59 Å². The fourth-order valence-electron chi connectivity index (χ4n) is 4.05. The van der Waals surface area contributed by atoms with Crippen LogP contribution in [0.15, 0.2) is 59.7 Å². The number of carbonyl (C=O) groups excluding carboxylic acids is 2. The molecule has 4 rings (SSSR count). The Morgan fingerprint density at radius 1 is 1.00 bits per heavy atom. The van der Waals surface area contributed by atoms with E-state index in [-0.39, 0.29) is 30.8 Å². The number of ether oxygens (including phenoxy) is 1. The van der Waals surface area contributed by atoms with Gasteiger partial charge < -0.3 is 10.1 Å². The van der Waals surface area contributed by atoms with Gasteiger partial charge >= 0.3 is 0 Å². The number of hydrogen-bond acceptors (Lipinski definition) is 4. The van der Waals surface area contributed by atoms with Crippen molar-refractivity contribution in [2.24, 2.45) is 5.10 Å². The molecule has 0 spiro atoms. The van der Waals surface area contributed by atoms with Crippen LogP contribution < -0.4 is 10.1 Å². The van der Waals surface area contributed by atoms with Gasteiger partial charge in [0.05, 0.1) is 18.4 Å². The molecular formula is C25H29N3O3. The van der Waals surface area contributed by atoms with E-state index in [0.29, 0.717) is 13.1 Å². The van der Waals surface area contributed by atoms with Crippen molar-refractivity contribution in [3.63, 3.8) is 0 Å². The Bertz CT molecular complexity index is 936. The van der Waals surface area contributed by atoms with Crippen LogP contribution in [-0.4, -0.2) is 35.2 Å². The number of amides is 2. The van der Waals surface area contributed by atoms with Crippen molar-refractivity contribution < 1.29 is 14.3 Å². The summed E-state index contributed by atoms with van der Waals surface area (Å²) >= 11 is 0. The number of para-hydroxylation sites is 1. The first-order valence-electron chi connectivity index (χ1n) is 11.1. The van der Waals surface area contributed by atoms with E-state index < -0.39 is 0 Å². The molecule has 6 heteroatoms. The normalized spacial score (nSPS) is 16.3. The highest BCUT2D eigenvalue weighted by Crippen LogP contribution is 2.26. The molecule has 6 nitrogen and oxygen atoms in total. The molecular weight excluding hydrogens is 390 g/mol. The third kappa shape index (κ3) is 5.72. The van der Waals surface area contributed by atoms with Gasteiger partial charge in [-0.15, -0.1) is 0 Å². The maximum atomic E-state index is 12.5. The van der Waals surface area contributed by atoms with Crippen molar-refractivity contribution in [2.75, 3.05) is 6.54 Å². The van der Waals surface area contributed by atoms with E-state index in [2.05, 4.69) is 10.4 Å². The van der Waals surface area contributed by atoms with Gasteiger partial charge in [0, 0.05) is 31.4 Å². The van der Waals surface area contributed by atoms with Crippen molar-refractivity contribution in [2.45, 2.75) is 57.6 Å². The molecule has 1 aliphatic carbocycles. The Kier molecular flexibility index (Phi) is 6.97. The zero-order valence-corrected chi connectivity index (χ0v) is 17.8. The Morgan fingerprint density at radius 2 is 1.74 bits per heavy atom. The number of carbonyl (C=O) groups is 2. The average Bonchev–Trinajstić information content (AvgIpc) is 3.50. The molecule has 1 saturated carbocycles. The lowest BCUT2D eigenvalue weighted by atomic mass is 10.1. The van der Waals surface area contributed by atoms with Crippen LogP contribution in [0, 0.1) is 0 Å². The van der Waals surface area contributed by atoms with E-state index in [1.54, 1.807) is 0 Å². The van der Waals surface area contributed by atoms with Crippen molar-refractivity contribution in [3.8, 4) is 5.75 Å². The van der Waals surface area contributed by atoms with Gasteiger partial charge in [-0.2, -0.15) is 5.10 Å². The summed E-state index contributed by atoms with van der Waals surface area (Å²) in [6.07, 6.45) is 5.92. The Balaban J connectivity index is 1.24. The van der Waals surface area contributed by atoms with Crippen molar-refractivity contribution in [3.05, 3.63) is 65.7 Å². The van der Waals surface area contributed by atoms with Crippen molar-refractivity contribution in [1.29, 1.82) is 0 Å². The second-order valence-electron chi connectivity index (χ2n) is 8.09. The van der Waals surface area contributed by atoms with Crippen molar-refractivity contribution in [1.82, 2.24) is 10.3 Å².